The molecular formula is C22H17FIN4O3-. The Morgan fingerprint density at radius 2 is 2.29 bits per heavy atom. The van der Waals surface area contributed by atoms with Gasteiger partial charge in [-0.2, -0.15) is 0 Å². The van der Waals surface area contributed by atoms with Crippen LogP contribution in [0.2, 0.25) is 0 Å². The normalized spacial score (nSPS) is 16.8. The number of pyridine rings is 1. The van der Waals surface area contributed by atoms with Gasteiger partial charge in [0.15, 0.2) is 0 Å². The molecule has 0 unspecified atom stereocenters. The van der Waals surface area contributed by atoms with E-state index in [9.17, 15) is 9.18 Å². The number of para-hydroxylation sites is 1. The number of carbonyl (C=O) groups excluding carboxylic acids is 1. The Morgan fingerprint density at radius 1 is 1.39 bits per heavy atom. The van der Waals surface area contributed by atoms with Gasteiger partial charge < -0.3 is 0 Å². The second kappa shape index (κ2) is 8.11. The first kappa shape index (κ1) is 19.7. The van der Waals surface area contributed by atoms with Gasteiger partial charge in [-0.3, -0.25) is 0 Å². The summed E-state index contributed by atoms with van der Waals surface area (Å²) in [7, 11) is 1.41. The van der Waals surface area contributed by atoms with E-state index < -0.39 is 27.0 Å². The summed E-state index contributed by atoms with van der Waals surface area (Å²) in [6.45, 7) is 0.789. The topological polar surface area (TPSA) is 88.3 Å². The molecule has 3 N–H and O–H groups in total. The molecule has 0 aliphatic carbocycles. The molecule has 7 nitrogen and oxygen atoms in total. The fourth-order valence-electron chi connectivity index (χ4n) is 3.68. The van der Waals surface area contributed by atoms with Crippen LogP contribution in [0.3, 0.4) is 0 Å². The maximum absolute atomic E-state index is 14.3. The van der Waals surface area contributed by atoms with Gasteiger partial charge in [-0.25, -0.2) is 0 Å². The van der Waals surface area contributed by atoms with E-state index in [-0.39, 0.29) is 22.2 Å². The number of rotatable bonds is 3. The number of carbonyl (C=O) groups is 1. The van der Waals surface area contributed by atoms with Crippen molar-refractivity contribution in [3.8, 4) is 32.6 Å². The quantitative estimate of drug-likeness (QED) is 0.256. The standard InChI is InChI=1S/C22H17FIN4O3/c1-30-21-13(23)4-2-5-15(21)27-20-17-19-14(10-26-22(17)29)24-7-3-9-31-16-11-25-8-6-12(16)18(20)28-19/h2,4-6,8,11,14,27-28H,9-10H2,1H3,(H,26,29)/q-1/t14-/m1/s1. The number of nitrogens with zero attached hydrogens (tertiary/aromatic N) is 1. The molecule has 0 fully saturated rings. The molecule has 2 bridgehead atoms. The third-order valence-electron chi connectivity index (χ3n) is 5.05. The maximum atomic E-state index is 14.3. The van der Waals surface area contributed by atoms with Crippen LogP contribution in [0.5, 0.6) is 11.5 Å². The molecule has 1 aromatic carbocycles. The number of ether oxygens (including phenoxy) is 2. The van der Waals surface area contributed by atoms with Gasteiger partial charge in [0, 0.05) is 0 Å². The minimum atomic E-state index is -0.556. The molecule has 1 amide bonds. The number of nitrogens with one attached hydrogen (secondary N) is 3. The van der Waals surface area contributed by atoms with Crippen LogP contribution in [0.4, 0.5) is 15.8 Å². The second-order valence-electron chi connectivity index (χ2n) is 6.83. The molecule has 4 heterocycles. The molecule has 0 saturated carbocycles. The van der Waals surface area contributed by atoms with Crippen LogP contribution in [0, 0.1) is 15.7 Å². The zero-order valence-corrected chi connectivity index (χ0v) is 18.5. The average Bonchev–Trinajstić information content (AvgIpc) is 3.13. The van der Waals surface area contributed by atoms with E-state index in [1.807, 2.05) is 6.07 Å². The first-order valence-electron chi connectivity index (χ1n) is 9.48. The minimum absolute atomic E-state index is 0.0711. The summed E-state index contributed by atoms with van der Waals surface area (Å²) in [6.07, 6.45) is 3.28. The van der Waals surface area contributed by atoms with E-state index in [0.29, 0.717) is 34.9 Å². The number of hydrogen-bond acceptors (Lipinski definition) is 5. The van der Waals surface area contributed by atoms with Crippen molar-refractivity contribution in [2.45, 2.75) is 3.92 Å². The third kappa shape index (κ3) is 3.46. The number of anilines is 2. The Balaban J connectivity index is 1.76. The van der Waals surface area contributed by atoms with E-state index in [1.54, 1.807) is 24.5 Å². The summed E-state index contributed by atoms with van der Waals surface area (Å²) < 4.78 is 28.8. The van der Waals surface area contributed by atoms with Crippen molar-refractivity contribution in [3.63, 3.8) is 0 Å². The molecule has 158 valence electrons. The fraction of sp³-hybridized carbons (Fsp3) is 0.182. The first-order valence-corrected chi connectivity index (χ1v) is 11.8. The zero-order chi connectivity index (χ0) is 21.4. The first-order chi connectivity index (χ1) is 15.2. The predicted octanol–water partition coefficient (Wildman–Crippen LogP) is 0.195. The number of alkyl halides is 1. The zero-order valence-electron chi connectivity index (χ0n) is 16.4. The molecule has 2 aromatic heterocycles. The SMILES string of the molecule is COc1c(F)cccc1Nc1c2[nH]c3c1C(=O)NC[C@H]3[I-]C#CCOc1cnccc1-2. The van der Waals surface area contributed by atoms with Gasteiger partial charge in [0.05, 0.1) is 0 Å². The van der Waals surface area contributed by atoms with Crippen molar-refractivity contribution in [2.24, 2.45) is 0 Å². The summed E-state index contributed by atoms with van der Waals surface area (Å²) in [5.41, 5.74) is 3.69. The third-order valence-corrected chi connectivity index (χ3v) is 7.56. The number of methoxy groups -OCH3 is 1. The molecule has 0 spiro atoms. The van der Waals surface area contributed by atoms with E-state index in [4.69, 9.17) is 9.47 Å². The van der Waals surface area contributed by atoms with Gasteiger partial charge in [0.1, 0.15) is 0 Å². The van der Waals surface area contributed by atoms with Crippen LogP contribution >= 0.6 is 0 Å². The van der Waals surface area contributed by atoms with Crippen LogP contribution in [0.1, 0.15) is 20.0 Å². The number of halogens is 2. The second-order valence-corrected chi connectivity index (χ2v) is 9.49. The molecule has 5 rings (SSSR count). The molecule has 0 radical (unpaired) electrons. The molecular weight excluding hydrogens is 514 g/mol. The van der Waals surface area contributed by atoms with Crippen LogP contribution in [0.25, 0.3) is 11.3 Å². The number of fused-ring (bicyclic) bond motifs is 3. The Morgan fingerprint density at radius 3 is 3.16 bits per heavy atom. The monoisotopic (exact) mass is 531 g/mol. The molecule has 31 heavy (non-hydrogen) atoms. The van der Waals surface area contributed by atoms with Gasteiger partial charge >= 0.3 is 188 Å². The van der Waals surface area contributed by atoms with Crippen molar-refractivity contribution in [2.75, 3.05) is 25.6 Å². The van der Waals surface area contributed by atoms with Crippen molar-refractivity contribution >= 4 is 17.3 Å². The average molecular weight is 531 g/mol. The predicted molar refractivity (Wildman–Crippen MR) is 109 cm³/mol. The fourth-order valence-corrected chi connectivity index (χ4v) is 5.65. The van der Waals surface area contributed by atoms with Gasteiger partial charge in [-0.15, -0.1) is 0 Å². The van der Waals surface area contributed by atoms with E-state index >= 15 is 0 Å². The van der Waals surface area contributed by atoms with Gasteiger partial charge in [-0.05, 0) is 0 Å². The molecule has 9 heteroatoms. The Kier molecular flexibility index (Phi) is 5.15. The summed E-state index contributed by atoms with van der Waals surface area (Å²) in [5.74, 6) is 2.99. The number of benzene rings is 1. The van der Waals surface area contributed by atoms with E-state index in [0.717, 1.165) is 11.3 Å². The van der Waals surface area contributed by atoms with Crippen LogP contribution in [-0.2, 0) is 0 Å². The number of aromatic nitrogens is 2. The number of aromatic amines is 1. The van der Waals surface area contributed by atoms with Crippen molar-refractivity contribution in [1.82, 2.24) is 15.3 Å². The molecule has 2 aliphatic rings. The van der Waals surface area contributed by atoms with E-state index in [2.05, 4.69) is 30.4 Å². The number of H-pyrrole nitrogens is 1. The van der Waals surface area contributed by atoms with Crippen LogP contribution < -0.4 is 41.3 Å². The Bertz CT molecular complexity index is 1250. The number of hydrogen-bond donors (Lipinski definition) is 3. The van der Waals surface area contributed by atoms with Crippen molar-refractivity contribution < 1.29 is 39.9 Å². The van der Waals surface area contributed by atoms with Gasteiger partial charge in [-0.1, -0.05) is 0 Å². The van der Waals surface area contributed by atoms with Crippen molar-refractivity contribution in [3.05, 3.63) is 53.7 Å². The van der Waals surface area contributed by atoms with Gasteiger partial charge in [0.2, 0.25) is 0 Å². The molecule has 0 saturated heterocycles. The summed E-state index contributed by atoms with van der Waals surface area (Å²) in [4.78, 5) is 20.5. The molecule has 1 atom stereocenters. The summed E-state index contributed by atoms with van der Waals surface area (Å²) in [5, 5.41) is 6.22. The molecule has 3 aromatic rings. The number of amides is 1. The van der Waals surface area contributed by atoms with E-state index in [1.165, 1.54) is 13.2 Å². The Hall–Kier alpha value is -3.26. The van der Waals surface area contributed by atoms with Crippen molar-refractivity contribution in [1.29, 1.82) is 0 Å². The Labute approximate surface area is 188 Å². The van der Waals surface area contributed by atoms with Gasteiger partial charge in [0.25, 0.3) is 0 Å². The summed E-state index contributed by atoms with van der Waals surface area (Å²) in [6, 6.07) is 6.43. The molecule has 2 aliphatic heterocycles. The summed E-state index contributed by atoms with van der Waals surface area (Å²) >= 11 is -0.556. The van der Waals surface area contributed by atoms with Crippen LogP contribution in [0.15, 0.2) is 36.7 Å². The van der Waals surface area contributed by atoms with Crippen LogP contribution in [-0.4, -0.2) is 36.1 Å².